The van der Waals surface area contributed by atoms with Crippen molar-refractivity contribution in [2.45, 2.75) is 32.4 Å². The van der Waals surface area contributed by atoms with E-state index in [9.17, 15) is 4.79 Å². The molecule has 1 aliphatic rings. The quantitative estimate of drug-likeness (QED) is 0.848. The van der Waals surface area contributed by atoms with Crippen LogP contribution in [-0.4, -0.2) is 24.2 Å². The van der Waals surface area contributed by atoms with E-state index in [0.29, 0.717) is 12.1 Å². The molecule has 0 bridgehead atoms. The molecule has 4 heteroatoms. The van der Waals surface area contributed by atoms with Gasteiger partial charge in [0.05, 0.1) is 5.56 Å². The van der Waals surface area contributed by atoms with Gasteiger partial charge in [-0.3, -0.25) is 0 Å². The van der Waals surface area contributed by atoms with Crippen LogP contribution in [0.1, 0.15) is 47.3 Å². The molecule has 1 unspecified atom stereocenters. The highest BCUT2D eigenvalue weighted by atomic mass is 16.4. The standard InChI is InChI=1S/C20H24N2O2/c1-15(21-14-16-6-4-8-18(12-16)20(23)24)17-7-5-9-19(13-17)22-10-2-3-11-22/h4-9,12-13,15,21H,2-3,10-11,14H2,1H3,(H,23,24). The number of aromatic carboxylic acids is 1. The molecule has 0 aliphatic carbocycles. The van der Waals surface area contributed by atoms with Gasteiger partial charge < -0.3 is 15.3 Å². The number of hydrogen-bond acceptors (Lipinski definition) is 3. The van der Waals surface area contributed by atoms with Crippen molar-refractivity contribution < 1.29 is 9.90 Å². The zero-order chi connectivity index (χ0) is 16.9. The predicted molar refractivity (Wildman–Crippen MR) is 96.5 cm³/mol. The third kappa shape index (κ3) is 3.95. The van der Waals surface area contributed by atoms with E-state index in [1.807, 2.05) is 6.07 Å². The van der Waals surface area contributed by atoms with E-state index in [2.05, 4.69) is 41.4 Å². The van der Waals surface area contributed by atoms with Crippen LogP contribution in [-0.2, 0) is 6.54 Å². The van der Waals surface area contributed by atoms with Crippen LogP contribution < -0.4 is 10.2 Å². The van der Waals surface area contributed by atoms with Crippen molar-refractivity contribution in [3.8, 4) is 0 Å². The number of carbonyl (C=O) groups is 1. The molecular formula is C20H24N2O2. The highest BCUT2D eigenvalue weighted by Crippen LogP contribution is 2.24. The Labute approximate surface area is 143 Å². The second-order valence-corrected chi connectivity index (χ2v) is 6.40. The van der Waals surface area contributed by atoms with Crippen LogP contribution in [0.15, 0.2) is 48.5 Å². The number of carboxylic acids is 1. The Morgan fingerprint density at radius 2 is 1.92 bits per heavy atom. The third-order valence-corrected chi connectivity index (χ3v) is 4.63. The minimum atomic E-state index is -0.886. The molecule has 4 nitrogen and oxygen atoms in total. The predicted octanol–water partition coefficient (Wildman–Crippen LogP) is 3.84. The van der Waals surface area contributed by atoms with Crippen molar-refractivity contribution in [3.63, 3.8) is 0 Å². The lowest BCUT2D eigenvalue weighted by Gasteiger charge is -2.21. The highest BCUT2D eigenvalue weighted by molar-refractivity contribution is 5.87. The highest BCUT2D eigenvalue weighted by Gasteiger charge is 2.14. The molecule has 0 amide bonds. The van der Waals surface area contributed by atoms with Crippen molar-refractivity contribution in [3.05, 3.63) is 65.2 Å². The fourth-order valence-corrected chi connectivity index (χ4v) is 3.17. The number of nitrogens with zero attached hydrogens (tertiary/aromatic N) is 1. The Bertz CT molecular complexity index is 708. The Hall–Kier alpha value is -2.33. The van der Waals surface area contributed by atoms with E-state index in [1.54, 1.807) is 18.2 Å². The largest absolute Gasteiger partial charge is 0.478 e. The maximum Gasteiger partial charge on any atom is 0.335 e. The van der Waals surface area contributed by atoms with Gasteiger partial charge in [-0.2, -0.15) is 0 Å². The molecule has 0 radical (unpaired) electrons. The summed E-state index contributed by atoms with van der Waals surface area (Å²) in [5.41, 5.74) is 3.87. The lowest BCUT2D eigenvalue weighted by atomic mass is 10.1. The Morgan fingerprint density at radius 1 is 1.17 bits per heavy atom. The minimum Gasteiger partial charge on any atom is -0.478 e. The second-order valence-electron chi connectivity index (χ2n) is 6.40. The summed E-state index contributed by atoms with van der Waals surface area (Å²) in [6.07, 6.45) is 2.55. The number of benzene rings is 2. The van der Waals surface area contributed by atoms with Crippen LogP contribution in [0.25, 0.3) is 0 Å². The summed E-state index contributed by atoms with van der Waals surface area (Å²) in [5, 5.41) is 12.6. The first-order valence-electron chi connectivity index (χ1n) is 8.54. The van der Waals surface area contributed by atoms with Gasteiger partial charge >= 0.3 is 5.97 Å². The van der Waals surface area contributed by atoms with Gasteiger partial charge in [-0.05, 0) is 55.2 Å². The number of anilines is 1. The molecule has 2 aromatic carbocycles. The van der Waals surface area contributed by atoms with Gasteiger partial charge in [-0.1, -0.05) is 24.3 Å². The first kappa shape index (κ1) is 16.5. The lowest BCUT2D eigenvalue weighted by molar-refractivity contribution is 0.0696. The monoisotopic (exact) mass is 324 g/mol. The normalized spacial score (nSPS) is 15.5. The van der Waals surface area contributed by atoms with E-state index in [4.69, 9.17) is 5.11 Å². The zero-order valence-corrected chi connectivity index (χ0v) is 14.0. The molecule has 0 aromatic heterocycles. The van der Waals surface area contributed by atoms with E-state index < -0.39 is 5.97 Å². The Kier molecular flexibility index (Phi) is 5.16. The molecule has 126 valence electrons. The van der Waals surface area contributed by atoms with E-state index >= 15 is 0 Å². The number of carboxylic acid groups (broad SMARTS) is 1. The van der Waals surface area contributed by atoms with Crippen LogP contribution in [0.4, 0.5) is 5.69 Å². The third-order valence-electron chi connectivity index (χ3n) is 4.63. The van der Waals surface area contributed by atoms with Crippen molar-refractivity contribution >= 4 is 11.7 Å². The smallest absolute Gasteiger partial charge is 0.335 e. The van der Waals surface area contributed by atoms with Crippen LogP contribution in [0.3, 0.4) is 0 Å². The van der Waals surface area contributed by atoms with Gasteiger partial charge in [-0.15, -0.1) is 0 Å². The van der Waals surface area contributed by atoms with E-state index in [1.165, 1.54) is 24.1 Å². The van der Waals surface area contributed by atoms with Crippen molar-refractivity contribution in [2.24, 2.45) is 0 Å². The van der Waals surface area contributed by atoms with Crippen LogP contribution >= 0.6 is 0 Å². The summed E-state index contributed by atoms with van der Waals surface area (Å²) >= 11 is 0. The van der Waals surface area contributed by atoms with Gasteiger partial charge in [0.15, 0.2) is 0 Å². The molecule has 2 aromatic rings. The summed E-state index contributed by atoms with van der Waals surface area (Å²) in [6.45, 7) is 5.08. The molecule has 24 heavy (non-hydrogen) atoms. The lowest BCUT2D eigenvalue weighted by Crippen LogP contribution is -2.20. The first-order valence-corrected chi connectivity index (χ1v) is 8.54. The van der Waals surface area contributed by atoms with Gasteiger partial charge in [0.1, 0.15) is 0 Å². The first-order chi connectivity index (χ1) is 11.6. The molecule has 1 atom stereocenters. The summed E-state index contributed by atoms with van der Waals surface area (Å²) in [7, 11) is 0. The SMILES string of the molecule is CC(NCc1cccc(C(=O)O)c1)c1cccc(N2CCCC2)c1. The van der Waals surface area contributed by atoms with Crippen molar-refractivity contribution in [2.75, 3.05) is 18.0 Å². The summed E-state index contributed by atoms with van der Waals surface area (Å²) in [6, 6.07) is 16.0. The number of hydrogen-bond donors (Lipinski definition) is 2. The maximum atomic E-state index is 11.1. The molecule has 1 fully saturated rings. The molecule has 0 saturated carbocycles. The van der Waals surface area contributed by atoms with Crippen molar-refractivity contribution in [1.82, 2.24) is 5.32 Å². The molecule has 1 aliphatic heterocycles. The summed E-state index contributed by atoms with van der Waals surface area (Å²) in [4.78, 5) is 13.5. The topological polar surface area (TPSA) is 52.6 Å². The average Bonchev–Trinajstić information content (AvgIpc) is 3.15. The fourth-order valence-electron chi connectivity index (χ4n) is 3.17. The van der Waals surface area contributed by atoms with Crippen LogP contribution in [0.5, 0.6) is 0 Å². The van der Waals surface area contributed by atoms with Gasteiger partial charge in [0.2, 0.25) is 0 Å². The average molecular weight is 324 g/mol. The van der Waals surface area contributed by atoms with E-state index in [-0.39, 0.29) is 6.04 Å². The second kappa shape index (κ2) is 7.49. The fraction of sp³-hybridized carbons (Fsp3) is 0.350. The zero-order valence-electron chi connectivity index (χ0n) is 14.0. The Morgan fingerprint density at radius 3 is 2.67 bits per heavy atom. The molecule has 1 heterocycles. The maximum absolute atomic E-state index is 11.1. The summed E-state index contributed by atoms with van der Waals surface area (Å²) < 4.78 is 0. The van der Waals surface area contributed by atoms with Crippen molar-refractivity contribution in [1.29, 1.82) is 0 Å². The molecule has 1 saturated heterocycles. The van der Waals surface area contributed by atoms with Gasteiger partial charge in [0.25, 0.3) is 0 Å². The van der Waals surface area contributed by atoms with Gasteiger partial charge in [0, 0.05) is 31.4 Å². The summed E-state index contributed by atoms with van der Waals surface area (Å²) in [5.74, 6) is -0.886. The Balaban J connectivity index is 1.64. The number of nitrogens with one attached hydrogen (secondary N) is 1. The molecule has 2 N–H and O–H groups in total. The van der Waals surface area contributed by atoms with Crippen LogP contribution in [0, 0.1) is 0 Å². The van der Waals surface area contributed by atoms with Gasteiger partial charge in [-0.25, -0.2) is 4.79 Å². The minimum absolute atomic E-state index is 0.209. The van der Waals surface area contributed by atoms with E-state index in [0.717, 1.165) is 18.7 Å². The molecule has 0 spiro atoms. The molecule has 3 rings (SSSR count). The number of rotatable bonds is 6. The molecular weight excluding hydrogens is 300 g/mol. The van der Waals surface area contributed by atoms with Crippen LogP contribution in [0.2, 0.25) is 0 Å².